The second kappa shape index (κ2) is 5.75. The third-order valence-corrected chi connectivity index (χ3v) is 4.93. The van der Waals surface area contributed by atoms with Crippen molar-refractivity contribution >= 4 is 17.4 Å². The zero-order valence-corrected chi connectivity index (χ0v) is 12.5. The molecule has 1 atom stereocenters. The fourth-order valence-electron chi connectivity index (χ4n) is 2.60. The zero-order valence-electron chi connectivity index (χ0n) is 11.7. The Kier molecular flexibility index (Phi) is 4.00. The Labute approximate surface area is 122 Å². The molecule has 1 aliphatic heterocycles. The van der Waals surface area contributed by atoms with E-state index in [-0.39, 0.29) is 12.0 Å². The number of carbonyl (C=O) groups excluding carboxylic acids is 1. The fraction of sp³-hybridized carbons (Fsp3) is 0.769. The van der Waals surface area contributed by atoms with Crippen LogP contribution in [0.4, 0.5) is 0 Å². The average Bonchev–Trinajstić information content (AvgIpc) is 3.21. The SMILES string of the molecule is Cc1nnsc1C(=O)N1CCN(CC(O)C2CC2)CC1. The highest BCUT2D eigenvalue weighted by Gasteiger charge is 2.32. The van der Waals surface area contributed by atoms with Crippen LogP contribution in [0.15, 0.2) is 0 Å². The van der Waals surface area contributed by atoms with Gasteiger partial charge in [0.2, 0.25) is 0 Å². The van der Waals surface area contributed by atoms with E-state index < -0.39 is 0 Å². The van der Waals surface area contributed by atoms with Crippen LogP contribution in [-0.4, -0.2) is 69.2 Å². The molecule has 1 unspecified atom stereocenters. The first-order valence-corrected chi connectivity index (χ1v) is 7.91. The van der Waals surface area contributed by atoms with Crippen LogP contribution in [0, 0.1) is 12.8 Å². The number of hydrogen-bond acceptors (Lipinski definition) is 6. The molecule has 1 amide bonds. The van der Waals surface area contributed by atoms with Crippen LogP contribution in [-0.2, 0) is 0 Å². The van der Waals surface area contributed by atoms with Gasteiger partial charge in [-0.15, -0.1) is 5.10 Å². The van der Waals surface area contributed by atoms with Crippen LogP contribution in [0.3, 0.4) is 0 Å². The highest BCUT2D eigenvalue weighted by atomic mass is 32.1. The number of piperazine rings is 1. The molecule has 0 bridgehead atoms. The second-order valence-corrected chi connectivity index (χ2v) is 6.44. The lowest BCUT2D eigenvalue weighted by Crippen LogP contribution is -2.50. The van der Waals surface area contributed by atoms with Gasteiger partial charge in [-0.25, -0.2) is 0 Å². The largest absolute Gasteiger partial charge is 0.392 e. The second-order valence-electron chi connectivity index (χ2n) is 5.69. The number of rotatable bonds is 4. The molecule has 7 heteroatoms. The minimum absolute atomic E-state index is 0.0416. The number of carbonyl (C=O) groups is 1. The number of nitrogens with zero attached hydrogens (tertiary/aromatic N) is 4. The highest BCUT2D eigenvalue weighted by molar-refractivity contribution is 7.07. The molecule has 2 aliphatic rings. The van der Waals surface area contributed by atoms with Crippen LogP contribution in [0.25, 0.3) is 0 Å². The third kappa shape index (κ3) is 2.99. The van der Waals surface area contributed by atoms with Crippen molar-refractivity contribution < 1.29 is 9.90 Å². The monoisotopic (exact) mass is 296 g/mol. The van der Waals surface area contributed by atoms with Crippen molar-refractivity contribution in [3.8, 4) is 0 Å². The summed E-state index contributed by atoms with van der Waals surface area (Å²) in [5.74, 6) is 0.556. The topological polar surface area (TPSA) is 69.6 Å². The van der Waals surface area contributed by atoms with E-state index in [1.165, 1.54) is 11.5 Å². The molecule has 1 saturated heterocycles. The van der Waals surface area contributed by atoms with Gasteiger partial charge in [-0.1, -0.05) is 4.49 Å². The Morgan fingerprint density at radius 1 is 1.40 bits per heavy atom. The minimum atomic E-state index is -0.190. The number of hydrogen-bond donors (Lipinski definition) is 1. The van der Waals surface area contributed by atoms with E-state index in [4.69, 9.17) is 0 Å². The predicted octanol–water partition coefficient (Wildman–Crippen LogP) is 0.375. The number of amides is 1. The Hall–Kier alpha value is -1.05. The summed E-state index contributed by atoms with van der Waals surface area (Å²) >= 11 is 1.17. The van der Waals surface area contributed by atoms with Crippen molar-refractivity contribution in [2.45, 2.75) is 25.9 Å². The van der Waals surface area contributed by atoms with Crippen molar-refractivity contribution in [3.63, 3.8) is 0 Å². The smallest absolute Gasteiger partial charge is 0.267 e. The van der Waals surface area contributed by atoms with Crippen LogP contribution >= 0.6 is 11.5 Å². The molecule has 20 heavy (non-hydrogen) atoms. The van der Waals surface area contributed by atoms with Crippen LogP contribution < -0.4 is 0 Å². The normalized spacial score (nSPS) is 22.0. The van der Waals surface area contributed by atoms with Gasteiger partial charge >= 0.3 is 0 Å². The number of aliphatic hydroxyl groups excluding tert-OH is 1. The molecule has 2 fully saturated rings. The molecule has 0 spiro atoms. The number of aromatic nitrogens is 2. The summed E-state index contributed by atoms with van der Waals surface area (Å²) in [5.41, 5.74) is 0.714. The standard InChI is InChI=1S/C13H20N4O2S/c1-9-12(20-15-14-9)13(19)17-6-4-16(5-7-17)8-11(18)10-2-3-10/h10-11,18H,2-8H2,1H3. The molecule has 6 nitrogen and oxygen atoms in total. The van der Waals surface area contributed by atoms with Crippen molar-refractivity contribution in [2.75, 3.05) is 32.7 Å². The zero-order chi connectivity index (χ0) is 14.1. The summed E-state index contributed by atoms with van der Waals surface area (Å²) in [6.45, 7) is 5.66. The van der Waals surface area contributed by atoms with Gasteiger partial charge in [0.25, 0.3) is 5.91 Å². The van der Waals surface area contributed by atoms with Crippen LogP contribution in [0.2, 0.25) is 0 Å². The molecule has 0 radical (unpaired) electrons. The van der Waals surface area contributed by atoms with Crippen molar-refractivity contribution in [1.82, 2.24) is 19.4 Å². The van der Waals surface area contributed by atoms with Crippen LogP contribution in [0.1, 0.15) is 28.2 Å². The maximum absolute atomic E-state index is 12.3. The summed E-state index contributed by atoms with van der Waals surface area (Å²) in [6, 6.07) is 0. The number of β-amino-alcohol motifs (C(OH)–C–C–N with tert-alkyl or cyclic N) is 1. The Balaban J connectivity index is 1.50. The maximum atomic E-state index is 12.3. The third-order valence-electron chi connectivity index (χ3n) is 4.12. The van der Waals surface area contributed by atoms with Gasteiger partial charge in [0.15, 0.2) is 0 Å². The van der Waals surface area contributed by atoms with E-state index in [1.807, 2.05) is 11.8 Å². The lowest BCUT2D eigenvalue weighted by Gasteiger charge is -2.35. The van der Waals surface area contributed by atoms with E-state index in [0.29, 0.717) is 29.6 Å². The van der Waals surface area contributed by atoms with E-state index >= 15 is 0 Å². The Morgan fingerprint density at radius 3 is 2.65 bits per heavy atom. The lowest BCUT2D eigenvalue weighted by molar-refractivity contribution is 0.0491. The molecular weight excluding hydrogens is 276 g/mol. The average molecular weight is 296 g/mol. The molecule has 1 saturated carbocycles. The predicted molar refractivity (Wildman–Crippen MR) is 75.7 cm³/mol. The number of aliphatic hydroxyl groups is 1. The van der Waals surface area contributed by atoms with Gasteiger partial charge in [0.1, 0.15) is 4.88 Å². The maximum Gasteiger partial charge on any atom is 0.267 e. The van der Waals surface area contributed by atoms with Crippen molar-refractivity contribution in [3.05, 3.63) is 10.6 Å². The quantitative estimate of drug-likeness (QED) is 0.869. The molecular formula is C13H20N4O2S. The molecule has 1 aromatic heterocycles. The molecule has 2 heterocycles. The first-order chi connectivity index (χ1) is 9.65. The van der Waals surface area contributed by atoms with E-state index in [9.17, 15) is 9.90 Å². The van der Waals surface area contributed by atoms with Crippen molar-refractivity contribution in [2.24, 2.45) is 5.92 Å². The van der Waals surface area contributed by atoms with Crippen LogP contribution in [0.5, 0.6) is 0 Å². The van der Waals surface area contributed by atoms with E-state index in [2.05, 4.69) is 14.5 Å². The summed E-state index contributed by atoms with van der Waals surface area (Å²) in [4.78, 5) is 17.1. The molecule has 0 aromatic carbocycles. The van der Waals surface area contributed by atoms with E-state index in [1.54, 1.807) is 0 Å². The lowest BCUT2D eigenvalue weighted by atomic mass is 10.2. The summed E-state index contributed by atoms with van der Waals surface area (Å²) < 4.78 is 3.82. The molecule has 110 valence electrons. The molecule has 3 rings (SSSR count). The molecule has 1 N–H and O–H groups in total. The number of aryl methyl sites for hydroxylation is 1. The van der Waals surface area contributed by atoms with Gasteiger partial charge in [-0.3, -0.25) is 9.69 Å². The van der Waals surface area contributed by atoms with Crippen molar-refractivity contribution in [1.29, 1.82) is 0 Å². The van der Waals surface area contributed by atoms with Gasteiger partial charge in [0, 0.05) is 32.7 Å². The van der Waals surface area contributed by atoms with Gasteiger partial charge < -0.3 is 10.0 Å². The summed E-state index contributed by atoms with van der Waals surface area (Å²) in [5, 5.41) is 13.9. The minimum Gasteiger partial charge on any atom is -0.392 e. The summed E-state index contributed by atoms with van der Waals surface area (Å²) in [7, 11) is 0. The fourth-order valence-corrected chi connectivity index (χ4v) is 3.22. The van der Waals surface area contributed by atoms with Gasteiger partial charge in [0.05, 0.1) is 11.8 Å². The highest BCUT2D eigenvalue weighted by Crippen LogP contribution is 2.32. The Bertz CT molecular complexity index is 480. The Morgan fingerprint density at radius 2 is 2.10 bits per heavy atom. The first-order valence-electron chi connectivity index (χ1n) is 7.14. The molecule has 1 aliphatic carbocycles. The molecule has 1 aromatic rings. The van der Waals surface area contributed by atoms with Gasteiger partial charge in [-0.2, -0.15) is 0 Å². The van der Waals surface area contributed by atoms with Gasteiger partial charge in [-0.05, 0) is 37.2 Å². The first kappa shape index (κ1) is 13.9. The summed E-state index contributed by atoms with van der Waals surface area (Å²) in [6.07, 6.45) is 2.14. The van der Waals surface area contributed by atoms with E-state index in [0.717, 1.165) is 32.5 Å².